The van der Waals surface area contributed by atoms with Gasteiger partial charge >= 0.3 is 0 Å². The molecule has 1 heterocycles. The average molecular weight is 354 g/mol. The van der Waals surface area contributed by atoms with Crippen molar-refractivity contribution in [2.45, 2.75) is 0 Å². The minimum Gasteiger partial charge on any atom is -0.340 e. The highest BCUT2D eigenvalue weighted by Gasteiger charge is 2.20. The third kappa shape index (κ3) is 4.30. The molecular weight excluding hydrogens is 334 g/mol. The van der Waals surface area contributed by atoms with Crippen LogP contribution in [0.4, 0.5) is 5.69 Å². The van der Waals surface area contributed by atoms with Gasteiger partial charge in [0.15, 0.2) is 0 Å². The number of likely N-dealkylation sites (N-methyl/N-ethyl adjacent to an activating group) is 2. The Morgan fingerprint density at radius 1 is 1.38 bits per heavy atom. The van der Waals surface area contributed by atoms with Crippen molar-refractivity contribution in [3.63, 3.8) is 0 Å². The van der Waals surface area contributed by atoms with E-state index in [1.807, 2.05) is 7.05 Å². The van der Waals surface area contributed by atoms with Gasteiger partial charge in [-0.05, 0) is 19.2 Å². The second kappa shape index (κ2) is 8.42. The van der Waals surface area contributed by atoms with Crippen LogP contribution in [0.1, 0.15) is 10.4 Å². The normalized spacial score (nSPS) is 10.1. The third-order valence-corrected chi connectivity index (χ3v) is 3.45. The largest absolute Gasteiger partial charge is 0.340 e. The molecule has 0 saturated heterocycles. The molecule has 0 aliphatic rings. The molecule has 130 valence electrons. The Kier molecular flexibility index (Phi) is 6.87. The number of nitrogens with one attached hydrogen (secondary N) is 1. The summed E-state index contributed by atoms with van der Waals surface area (Å²) in [6, 6.07) is 6.02. The maximum atomic E-state index is 12.6. The topological polar surface area (TPSA) is 93.3 Å². The Morgan fingerprint density at radius 3 is 2.54 bits per heavy atom. The lowest BCUT2D eigenvalue weighted by molar-refractivity contribution is -0.384. The highest BCUT2D eigenvalue weighted by molar-refractivity contribution is 5.99. The summed E-state index contributed by atoms with van der Waals surface area (Å²) >= 11 is 0. The van der Waals surface area contributed by atoms with Gasteiger partial charge in [0.1, 0.15) is 5.69 Å². The number of halogens is 1. The molecule has 2 aromatic rings. The summed E-state index contributed by atoms with van der Waals surface area (Å²) in [6.45, 7) is 1.26. The Labute approximate surface area is 146 Å². The number of carbonyl (C=O) groups is 1. The summed E-state index contributed by atoms with van der Waals surface area (Å²) in [4.78, 5) is 24.5. The third-order valence-electron chi connectivity index (χ3n) is 3.45. The first-order valence-corrected chi connectivity index (χ1v) is 7.12. The summed E-state index contributed by atoms with van der Waals surface area (Å²) in [5.74, 6) is -0.137. The van der Waals surface area contributed by atoms with Gasteiger partial charge < -0.3 is 10.2 Å². The molecule has 0 radical (unpaired) electrons. The van der Waals surface area contributed by atoms with E-state index in [1.165, 1.54) is 12.1 Å². The van der Waals surface area contributed by atoms with Gasteiger partial charge in [-0.15, -0.1) is 12.4 Å². The fourth-order valence-electron chi connectivity index (χ4n) is 2.19. The average Bonchev–Trinajstić information content (AvgIpc) is 2.93. The second-order valence-electron chi connectivity index (χ2n) is 5.20. The molecule has 2 rings (SSSR count). The first-order valence-electron chi connectivity index (χ1n) is 7.12. The molecule has 1 aromatic carbocycles. The summed E-state index contributed by atoms with van der Waals surface area (Å²) in [7, 11) is 5.29. The fraction of sp³-hybridized carbons (Fsp3) is 0.333. The van der Waals surface area contributed by atoms with Crippen LogP contribution in [0.2, 0.25) is 0 Å². The van der Waals surface area contributed by atoms with Crippen LogP contribution >= 0.6 is 12.4 Å². The van der Waals surface area contributed by atoms with E-state index in [0.29, 0.717) is 29.9 Å². The standard InChI is InChI=1S/C15H19N5O3.ClH/c1-16-8-9-18(2)15(21)13-10-19(3)17-14(13)11-4-6-12(7-5-11)20(22)23;/h4-7,10,16H,8-9H2,1-3H3;1H. The van der Waals surface area contributed by atoms with E-state index in [4.69, 9.17) is 0 Å². The van der Waals surface area contributed by atoms with Crippen LogP contribution in [0, 0.1) is 10.1 Å². The van der Waals surface area contributed by atoms with Crippen molar-refractivity contribution < 1.29 is 9.72 Å². The molecule has 0 atom stereocenters. The molecule has 1 amide bonds. The monoisotopic (exact) mass is 353 g/mol. The molecule has 0 spiro atoms. The van der Waals surface area contributed by atoms with Gasteiger partial charge in [-0.25, -0.2) is 0 Å². The van der Waals surface area contributed by atoms with E-state index >= 15 is 0 Å². The molecule has 0 bridgehead atoms. The van der Waals surface area contributed by atoms with Gasteiger partial charge in [-0.2, -0.15) is 5.10 Å². The lowest BCUT2D eigenvalue weighted by atomic mass is 10.1. The predicted molar refractivity (Wildman–Crippen MR) is 93.4 cm³/mol. The number of nitrogens with zero attached hydrogens (tertiary/aromatic N) is 4. The minimum absolute atomic E-state index is 0. The number of non-ortho nitro benzene ring substituents is 1. The zero-order chi connectivity index (χ0) is 17.0. The lowest BCUT2D eigenvalue weighted by Gasteiger charge is -2.16. The predicted octanol–water partition coefficient (Wildman–Crippen LogP) is 1.71. The van der Waals surface area contributed by atoms with Crippen molar-refractivity contribution in [3.8, 4) is 11.3 Å². The van der Waals surface area contributed by atoms with Gasteiger partial charge in [-0.1, -0.05) is 0 Å². The van der Waals surface area contributed by atoms with Crippen molar-refractivity contribution in [2.75, 3.05) is 27.2 Å². The Morgan fingerprint density at radius 2 is 2.00 bits per heavy atom. The van der Waals surface area contributed by atoms with Gasteiger partial charge in [0.2, 0.25) is 0 Å². The lowest BCUT2D eigenvalue weighted by Crippen LogP contribution is -2.32. The van der Waals surface area contributed by atoms with Gasteiger partial charge in [-0.3, -0.25) is 19.6 Å². The number of amides is 1. The number of benzene rings is 1. The van der Waals surface area contributed by atoms with Gasteiger partial charge in [0.05, 0.1) is 10.5 Å². The van der Waals surface area contributed by atoms with Crippen LogP contribution in [-0.4, -0.2) is 52.7 Å². The molecule has 0 fully saturated rings. The number of nitro benzene ring substituents is 1. The number of aromatic nitrogens is 2. The second-order valence-corrected chi connectivity index (χ2v) is 5.20. The number of aryl methyl sites for hydroxylation is 1. The highest BCUT2D eigenvalue weighted by Crippen LogP contribution is 2.25. The Hall–Kier alpha value is -2.45. The molecule has 8 nitrogen and oxygen atoms in total. The molecule has 9 heteroatoms. The zero-order valence-corrected chi connectivity index (χ0v) is 14.5. The van der Waals surface area contributed by atoms with E-state index in [1.54, 1.807) is 42.0 Å². The molecule has 0 unspecified atom stereocenters. The van der Waals surface area contributed by atoms with Crippen molar-refractivity contribution in [3.05, 3.63) is 46.1 Å². The SMILES string of the molecule is CNCCN(C)C(=O)c1cn(C)nc1-c1ccc([N+](=O)[O-])cc1.Cl. The van der Waals surface area contributed by atoms with E-state index in [0.717, 1.165) is 0 Å². The Bertz CT molecular complexity index is 714. The van der Waals surface area contributed by atoms with E-state index in [9.17, 15) is 14.9 Å². The maximum Gasteiger partial charge on any atom is 0.269 e. The Balaban J connectivity index is 0.00000288. The number of hydrogen-bond donors (Lipinski definition) is 1. The zero-order valence-electron chi connectivity index (χ0n) is 13.7. The summed E-state index contributed by atoms with van der Waals surface area (Å²) in [5, 5.41) is 18.1. The smallest absolute Gasteiger partial charge is 0.269 e. The molecule has 24 heavy (non-hydrogen) atoms. The van der Waals surface area contributed by atoms with E-state index in [2.05, 4.69) is 10.4 Å². The van der Waals surface area contributed by atoms with Gasteiger partial charge in [0.25, 0.3) is 11.6 Å². The van der Waals surface area contributed by atoms with Crippen LogP contribution in [-0.2, 0) is 7.05 Å². The van der Waals surface area contributed by atoms with Crippen molar-refractivity contribution in [1.82, 2.24) is 20.0 Å². The van der Waals surface area contributed by atoms with Crippen LogP contribution in [0.3, 0.4) is 0 Å². The number of nitro groups is 1. The minimum atomic E-state index is -0.459. The highest BCUT2D eigenvalue weighted by atomic mass is 35.5. The van der Waals surface area contributed by atoms with Crippen LogP contribution < -0.4 is 5.32 Å². The van der Waals surface area contributed by atoms with Crippen LogP contribution in [0.5, 0.6) is 0 Å². The summed E-state index contributed by atoms with van der Waals surface area (Å²) in [6.07, 6.45) is 1.66. The number of hydrogen-bond acceptors (Lipinski definition) is 5. The molecular formula is C15H20ClN5O3. The maximum absolute atomic E-state index is 12.6. The quantitative estimate of drug-likeness (QED) is 0.630. The molecule has 1 aromatic heterocycles. The number of carbonyl (C=O) groups excluding carboxylic acids is 1. The van der Waals surface area contributed by atoms with Crippen LogP contribution in [0.15, 0.2) is 30.5 Å². The first kappa shape index (κ1) is 19.6. The summed E-state index contributed by atoms with van der Waals surface area (Å²) < 4.78 is 1.57. The molecule has 0 saturated carbocycles. The van der Waals surface area contributed by atoms with E-state index < -0.39 is 4.92 Å². The number of rotatable bonds is 6. The van der Waals surface area contributed by atoms with Gasteiger partial charge in [0, 0.05) is 51.1 Å². The van der Waals surface area contributed by atoms with Crippen molar-refractivity contribution >= 4 is 24.0 Å². The molecule has 1 N–H and O–H groups in total. The van der Waals surface area contributed by atoms with E-state index in [-0.39, 0.29) is 24.0 Å². The first-order chi connectivity index (χ1) is 10.9. The van der Waals surface area contributed by atoms with Crippen molar-refractivity contribution in [1.29, 1.82) is 0 Å². The fourth-order valence-corrected chi connectivity index (χ4v) is 2.19. The molecule has 0 aliphatic carbocycles. The molecule has 0 aliphatic heterocycles. The summed E-state index contributed by atoms with van der Waals surface area (Å²) in [5.41, 5.74) is 1.66. The van der Waals surface area contributed by atoms with Crippen molar-refractivity contribution in [2.24, 2.45) is 7.05 Å². The van der Waals surface area contributed by atoms with Crippen LogP contribution in [0.25, 0.3) is 11.3 Å².